The molecule has 0 spiro atoms. The van der Waals surface area contributed by atoms with Crippen molar-refractivity contribution in [3.8, 4) is 5.75 Å². The molecular weight excluding hydrogens is 487 g/mol. The molecule has 3 rings (SSSR count). The smallest absolute Gasteiger partial charge is 0.330 e. The number of amides is 3. The summed E-state index contributed by atoms with van der Waals surface area (Å²) < 4.78 is 18.6. The fraction of sp³-hybridized carbons (Fsp3) is 0.517. The second-order valence-electron chi connectivity index (χ2n) is 10.1. The number of urea groups is 1. The molecule has 1 N–H and O–H groups in total. The molecule has 8 heteroatoms. The number of likely N-dealkylation sites (tertiary alicyclic amines) is 1. The van der Waals surface area contributed by atoms with Crippen LogP contribution in [0.2, 0.25) is 0 Å². The predicted molar refractivity (Wildman–Crippen MR) is 147 cm³/mol. The van der Waals surface area contributed by atoms with Crippen molar-refractivity contribution in [2.45, 2.75) is 79.2 Å². The molecule has 37 heavy (non-hydrogen) atoms. The summed E-state index contributed by atoms with van der Waals surface area (Å²) in [6.07, 6.45) is 2.24. The summed E-state index contributed by atoms with van der Waals surface area (Å²) in [6, 6.07) is 14.8. The molecule has 0 radical (unpaired) electrons. The summed E-state index contributed by atoms with van der Waals surface area (Å²) in [4.78, 5) is 40.2. The number of imide groups is 1. The Morgan fingerprint density at radius 1 is 1.00 bits per heavy atom. The number of hydrogen-bond acceptors (Lipinski definition) is 4. The summed E-state index contributed by atoms with van der Waals surface area (Å²) in [7, 11) is -3.21. The van der Waals surface area contributed by atoms with Crippen molar-refractivity contribution >= 4 is 19.3 Å². The Bertz CT molecular complexity index is 1110. The number of hydrogen-bond donors (Lipinski definition) is 1. The van der Waals surface area contributed by atoms with E-state index in [0.29, 0.717) is 44.3 Å². The van der Waals surface area contributed by atoms with Gasteiger partial charge in [-0.2, -0.15) is 0 Å². The van der Waals surface area contributed by atoms with E-state index in [2.05, 4.69) is 0 Å². The fourth-order valence-corrected chi connectivity index (χ4v) is 6.62. The molecule has 7 nitrogen and oxygen atoms in total. The lowest BCUT2D eigenvalue weighted by atomic mass is 9.72. The molecule has 1 heterocycles. The van der Waals surface area contributed by atoms with Crippen molar-refractivity contribution in [3.63, 3.8) is 0 Å². The Hall–Kier alpha value is -2.63. The number of ether oxygens (including phenoxy) is 1. The highest BCUT2D eigenvalue weighted by molar-refractivity contribution is 7.57. The van der Waals surface area contributed by atoms with Gasteiger partial charge in [-0.1, -0.05) is 69.7 Å². The van der Waals surface area contributed by atoms with Gasteiger partial charge in [0, 0.05) is 25.4 Å². The van der Waals surface area contributed by atoms with Crippen LogP contribution >= 0.6 is 7.37 Å². The van der Waals surface area contributed by atoms with Gasteiger partial charge in [0.15, 0.2) is 6.23 Å². The molecule has 0 aromatic heterocycles. The van der Waals surface area contributed by atoms with Crippen molar-refractivity contribution in [2.24, 2.45) is 5.41 Å². The van der Waals surface area contributed by atoms with Gasteiger partial charge < -0.3 is 14.5 Å². The van der Waals surface area contributed by atoms with Crippen LogP contribution in [0.25, 0.3) is 0 Å². The third kappa shape index (κ3) is 6.45. The Labute approximate surface area is 221 Å². The van der Waals surface area contributed by atoms with Gasteiger partial charge in [0.25, 0.3) is 0 Å². The van der Waals surface area contributed by atoms with Crippen LogP contribution in [-0.4, -0.2) is 45.6 Å². The summed E-state index contributed by atoms with van der Waals surface area (Å²) in [6.45, 7) is 10.8. The summed E-state index contributed by atoms with van der Waals surface area (Å²) in [5, 5.41) is 0. The van der Waals surface area contributed by atoms with E-state index < -0.39 is 19.0 Å². The fourth-order valence-electron chi connectivity index (χ4n) is 4.98. The lowest BCUT2D eigenvalue weighted by Gasteiger charge is -2.54. The summed E-state index contributed by atoms with van der Waals surface area (Å²) in [5.41, 5.74) is 2.15. The second kappa shape index (κ2) is 12.3. The molecule has 0 aliphatic carbocycles. The maximum atomic E-state index is 13.7. The molecule has 1 aliphatic heterocycles. The van der Waals surface area contributed by atoms with Gasteiger partial charge in [-0.3, -0.25) is 9.36 Å². The van der Waals surface area contributed by atoms with Gasteiger partial charge in [0.1, 0.15) is 11.2 Å². The minimum Gasteiger partial charge on any atom is -0.469 e. The number of carbonyl (C=O) groups is 2. The number of nitrogens with zero attached hydrogens (tertiary/aromatic N) is 2. The minimum atomic E-state index is -3.21. The molecule has 0 saturated carbocycles. The van der Waals surface area contributed by atoms with Crippen molar-refractivity contribution in [1.29, 1.82) is 0 Å². The van der Waals surface area contributed by atoms with Gasteiger partial charge in [0.05, 0.1) is 0 Å². The van der Waals surface area contributed by atoms with Crippen LogP contribution < -0.4 is 4.74 Å². The lowest BCUT2D eigenvalue weighted by Crippen LogP contribution is -2.73. The van der Waals surface area contributed by atoms with Crippen molar-refractivity contribution in [2.75, 3.05) is 12.7 Å². The predicted octanol–water partition coefficient (Wildman–Crippen LogP) is 6.56. The van der Waals surface area contributed by atoms with Crippen LogP contribution in [0.4, 0.5) is 4.79 Å². The largest absolute Gasteiger partial charge is 0.469 e. The maximum absolute atomic E-state index is 13.7. The zero-order valence-corrected chi connectivity index (χ0v) is 23.7. The Morgan fingerprint density at radius 2 is 1.59 bits per heavy atom. The van der Waals surface area contributed by atoms with Crippen LogP contribution in [0, 0.1) is 12.3 Å². The number of β-lactam (4-membered cyclic amide) rings is 1. The Balaban J connectivity index is 1.82. The van der Waals surface area contributed by atoms with Gasteiger partial charge in [-0.05, 0) is 55.9 Å². The normalized spacial score (nSPS) is 18.2. The zero-order valence-electron chi connectivity index (χ0n) is 22.8. The molecule has 2 aromatic rings. The lowest BCUT2D eigenvalue weighted by molar-refractivity contribution is -0.192. The molecule has 1 saturated heterocycles. The highest BCUT2D eigenvalue weighted by Gasteiger charge is 2.63. The van der Waals surface area contributed by atoms with Crippen molar-refractivity contribution in [3.05, 3.63) is 65.2 Å². The molecule has 2 aromatic carbocycles. The molecule has 1 aliphatic rings. The maximum Gasteiger partial charge on any atom is 0.330 e. The van der Waals surface area contributed by atoms with Crippen molar-refractivity contribution in [1.82, 2.24) is 9.80 Å². The highest BCUT2D eigenvalue weighted by Crippen LogP contribution is 2.47. The van der Waals surface area contributed by atoms with E-state index >= 15 is 0 Å². The van der Waals surface area contributed by atoms with E-state index in [-0.39, 0.29) is 18.1 Å². The first-order chi connectivity index (χ1) is 17.6. The molecule has 0 bridgehead atoms. The zero-order chi connectivity index (χ0) is 27.2. The van der Waals surface area contributed by atoms with E-state index in [0.717, 1.165) is 23.1 Å². The number of aryl methyl sites for hydroxylation is 1. The first kappa shape index (κ1) is 28.9. The van der Waals surface area contributed by atoms with E-state index in [1.165, 1.54) is 4.90 Å². The standard InChI is InChI=1S/C29H41N2O5P/c1-6-18-30(20-23-12-10-22(5)11-13-23)28(33)31-26(32)29(8-3,9-4)27(31)36-25-16-14-24(15-17-25)21-37(34,35)19-7-2/h10-17,27H,6-9,18-21H2,1-5H3,(H,34,35). The first-order valence-electron chi connectivity index (χ1n) is 13.3. The first-order valence-corrected chi connectivity index (χ1v) is 15.4. The second-order valence-corrected chi connectivity index (χ2v) is 12.5. The highest BCUT2D eigenvalue weighted by atomic mass is 31.2. The average Bonchev–Trinajstić information content (AvgIpc) is 2.86. The molecule has 1 fully saturated rings. The molecule has 202 valence electrons. The number of rotatable bonds is 12. The van der Waals surface area contributed by atoms with E-state index in [9.17, 15) is 19.0 Å². The SMILES string of the molecule is CCCN(Cc1ccc(C)cc1)C(=O)N1C(=O)C(CC)(CC)C1Oc1ccc(CP(=O)(O)CCC)cc1. The Kier molecular flexibility index (Phi) is 9.60. The van der Waals surface area contributed by atoms with E-state index in [1.54, 1.807) is 29.2 Å². The van der Waals surface area contributed by atoms with Crippen LogP contribution in [0.1, 0.15) is 70.1 Å². The van der Waals surface area contributed by atoms with Crippen LogP contribution in [-0.2, 0) is 22.1 Å². The third-order valence-corrected chi connectivity index (χ3v) is 9.26. The number of benzene rings is 2. The summed E-state index contributed by atoms with van der Waals surface area (Å²) in [5.74, 6) is 0.323. The number of carbonyl (C=O) groups excluding carboxylic acids is 2. The monoisotopic (exact) mass is 528 g/mol. The van der Waals surface area contributed by atoms with Crippen LogP contribution in [0.5, 0.6) is 5.75 Å². The topological polar surface area (TPSA) is 87.2 Å². The molecule has 2 unspecified atom stereocenters. The van der Waals surface area contributed by atoms with E-state index in [1.807, 2.05) is 58.9 Å². The van der Waals surface area contributed by atoms with Crippen LogP contribution in [0.15, 0.2) is 48.5 Å². The van der Waals surface area contributed by atoms with E-state index in [4.69, 9.17) is 4.74 Å². The quantitative estimate of drug-likeness (QED) is 0.249. The average molecular weight is 529 g/mol. The molecular formula is C29H41N2O5P. The Morgan fingerprint density at radius 3 is 2.14 bits per heavy atom. The van der Waals surface area contributed by atoms with Gasteiger partial charge in [-0.15, -0.1) is 0 Å². The van der Waals surface area contributed by atoms with Gasteiger partial charge in [-0.25, -0.2) is 9.69 Å². The van der Waals surface area contributed by atoms with Gasteiger partial charge in [0.2, 0.25) is 13.3 Å². The van der Waals surface area contributed by atoms with Crippen molar-refractivity contribution < 1.29 is 23.8 Å². The molecule has 2 atom stereocenters. The summed E-state index contributed by atoms with van der Waals surface area (Å²) >= 11 is 0. The molecule has 3 amide bonds. The van der Waals surface area contributed by atoms with Crippen LogP contribution in [0.3, 0.4) is 0 Å². The third-order valence-electron chi connectivity index (χ3n) is 7.25. The van der Waals surface area contributed by atoms with Gasteiger partial charge >= 0.3 is 6.03 Å². The minimum absolute atomic E-state index is 0.118.